The van der Waals surface area contributed by atoms with Gasteiger partial charge in [-0.15, -0.1) is 0 Å². The van der Waals surface area contributed by atoms with Crippen molar-refractivity contribution in [1.82, 2.24) is 9.55 Å². The highest BCUT2D eigenvalue weighted by atomic mass is 15.1. The Morgan fingerprint density at radius 3 is 2.57 bits per heavy atom. The number of hydrogen-bond acceptors (Lipinski definition) is 2. The van der Waals surface area contributed by atoms with Crippen LogP contribution in [-0.2, 0) is 6.54 Å². The van der Waals surface area contributed by atoms with Gasteiger partial charge in [0.05, 0.1) is 6.33 Å². The van der Waals surface area contributed by atoms with E-state index in [-0.39, 0.29) is 6.04 Å². The summed E-state index contributed by atoms with van der Waals surface area (Å²) in [5, 5.41) is 0. The van der Waals surface area contributed by atoms with Crippen LogP contribution in [0.3, 0.4) is 0 Å². The highest BCUT2D eigenvalue weighted by Crippen LogP contribution is 2.22. The molecule has 1 aromatic heterocycles. The molecule has 0 aromatic carbocycles. The lowest BCUT2D eigenvalue weighted by Crippen LogP contribution is -2.23. The van der Waals surface area contributed by atoms with Gasteiger partial charge < -0.3 is 10.3 Å². The zero-order valence-electron chi connectivity index (χ0n) is 9.40. The van der Waals surface area contributed by atoms with E-state index in [9.17, 15) is 0 Å². The van der Waals surface area contributed by atoms with Crippen LogP contribution in [0, 0.1) is 0 Å². The molecule has 0 amide bonds. The van der Waals surface area contributed by atoms with Gasteiger partial charge in [-0.05, 0) is 19.8 Å². The summed E-state index contributed by atoms with van der Waals surface area (Å²) in [5.41, 5.74) is 7.11. The topological polar surface area (TPSA) is 43.8 Å². The molecule has 3 nitrogen and oxygen atoms in total. The molecule has 1 heterocycles. The first-order valence-electron chi connectivity index (χ1n) is 5.44. The van der Waals surface area contributed by atoms with E-state index < -0.39 is 0 Å². The summed E-state index contributed by atoms with van der Waals surface area (Å²) >= 11 is 0. The Bertz CT molecular complexity index is 261. The molecule has 1 unspecified atom stereocenters. The van der Waals surface area contributed by atoms with Gasteiger partial charge in [0.1, 0.15) is 0 Å². The van der Waals surface area contributed by atoms with Gasteiger partial charge in [-0.2, -0.15) is 0 Å². The standard InChI is InChI=1S/C11H21N3/c1-4-10(5-2)11-6-13-8-14(11)7-9(3)12/h6,8-10H,4-5,7,12H2,1-3H3. The van der Waals surface area contributed by atoms with Gasteiger partial charge in [-0.25, -0.2) is 4.98 Å². The van der Waals surface area contributed by atoms with Crippen LogP contribution in [0.5, 0.6) is 0 Å². The van der Waals surface area contributed by atoms with E-state index in [1.165, 1.54) is 18.5 Å². The van der Waals surface area contributed by atoms with Gasteiger partial charge in [0.15, 0.2) is 0 Å². The average molecular weight is 195 g/mol. The number of hydrogen-bond donors (Lipinski definition) is 1. The molecule has 80 valence electrons. The molecule has 2 N–H and O–H groups in total. The average Bonchev–Trinajstić information content (AvgIpc) is 2.55. The highest BCUT2D eigenvalue weighted by Gasteiger charge is 2.12. The maximum atomic E-state index is 5.79. The molecule has 1 atom stereocenters. The fourth-order valence-corrected chi connectivity index (χ4v) is 1.84. The molecule has 0 aliphatic heterocycles. The molecule has 0 saturated carbocycles. The van der Waals surface area contributed by atoms with Crippen LogP contribution in [0.25, 0.3) is 0 Å². The van der Waals surface area contributed by atoms with Crippen LogP contribution in [0.1, 0.15) is 45.2 Å². The van der Waals surface area contributed by atoms with E-state index in [0.717, 1.165) is 6.54 Å². The molecule has 0 bridgehead atoms. The second-order valence-corrected chi connectivity index (χ2v) is 3.96. The summed E-state index contributed by atoms with van der Waals surface area (Å²) in [4.78, 5) is 4.20. The largest absolute Gasteiger partial charge is 0.333 e. The van der Waals surface area contributed by atoms with Gasteiger partial charge >= 0.3 is 0 Å². The Balaban J connectivity index is 2.80. The van der Waals surface area contributed by atoms with Gasteiger partial charge in [-0.1, -0.05) is 13.8 Å². The Morgan fingerprint density at radius 1 is 1.43 bits per heavy atom. The lowest BCUT2D eigenvalue weighted by atomic mass is 10.00. The van der Waals surface area contributed by atoms with Crippen molar-refractivity contribution in [2.75, 3.05) is 0 Å². The maximum Gasteiger partial charge on any atom is 0.0948 e. The Labute approximate surface area is 86.3 Å². The van der Waals surface area contributed by atoms with Crippen LogP contribution in [0.15, 0.2) is 12.5 Å². The predicted molar refractivity (Wildman–Crippen MR) is 59.2 cm³/mol. The molecule has 1 aromatic rings. The van der Waals surface area contributed by atoms with Crippen LogP contribution in [0.2, 0.25) is 0 Å². The summed E-state index contributed by atoms with van der Waals surface area (Å²) in [6, 6.07) is 0.192. The van der Waals surface area contributed by atoms with Crippen LogP contribution in [-0.4, -0.2) is 15.6 Å². The number of rotatable bonds is 5. The molecule has 0 spiro atoms. The molecule has 14 heavy (non-hydrogen) atoms. The molecule has 0 radical (unpaired) electrons. The normalized spacial score (nSPS) is 13.5. The van der Waals surface area contributed by atoms with E-state index in [2.05, 4.69) is 23.4 Å². The highest BCUT2D eigenvalue weighted by molar-refractivity contribution is 5.06. The van der Waals surface area contributed by atoms with Gasteiger partial charge in [0, 0.05) is 30.4 Å². The first-order valence-corrected chi connectivity index (χ1v) is 5.44. The number of nitrogens with two attached hydrogens (primary N) is 1. The molecule has 3 heteroatoms. The Hall–Kier alpha value is -0.830. The summed E-state index contributed by atoms with van der Waals surface area (Å²) in [6.45, 7) is 7.33. The minimum absolute atomic E-state index is 0.192. The van der Waals surface area contributed by atoms with Crippen molar-refractivity contribution in [2.45, 2.75) is 52.1 Å². The van der Waals surface area contributed by atoms with Gasteiger partial charge in [0.2, 0.25) is 0 Å². The molecule has 0 aliphatic rings. The quantitative estimate of drug-likeness (QED) is 0.782. The van der Waals surface area contributed by atoms with E-state index >= 15 is 0 Å². The second-order valence-electron chi connectivity index (χ2n) is 3.96. The number of aromatic nitrogens is 2. The van der Waals surface area contributed by atoms with Crippen molar-refractivity contribution in [2.24, 2.45) is 5.73 Å². The maximum absolute atomic E-state index is 5.79. The van der Waals surface area contributed by atoms with Crippen LogP contribution < -0.4 is 5.73 Å². The molecular formula is C11H21N3. The summed E-state index contributed by atoms with van der Waals surface area (Å²) in [5.74, 6) is 0.622. The minimum Gasteiger partial charge on any atom is -0.333 e. The molecule has 0 aliphatic carbocycles. The fraction of sp³-hybridized carbons (Fsp3) is 0.727. The van der Waals surface area contributed by atoms with Crippen molar-refractivity contribution < 1.29 is 0 Å². The number of imidazole rings is 1. The van der Waals surface area contributed by atoms with E-state index in [1.807, 2.05) is 19.4 Å². The molecular weight excluding hydrogens is 174 g/mol. The summed E-state index contributed by atoms with van der Waals surface area (Å²) in [7, 11) is 0. The third-order valence-corrected chi connectivity index (χ3v) is 2.63. The molecule has 1 rings (SSSR count). The Kier molecular flexibility index (Phi) is 4.14. The SMILES string of the molecule is CCC(CC)c1cncn1CC(C)N. The smallest absolute Gasteiger partial charge is 0.0948 e. The van der Waals surface area contributed by atoms with Crippen molar-refractivity contribution >= 4 is 0 Å². The molecule has 0 saturated heterocycles. The monoisotopic (exact) mass is 195 g/mol. The third kappa shape index (κ3) is 2.58. The third-order valence-electron chi connectivity index (χ3n) is 2.63. The van der Waals surface area contributed by atoms with Crippen molar-refractivity contribution in [1.29, 1.82) is 0 Å². The van der Waals surface area contributed by atoms with Crippen LogP contribution >= 0.6 is 0 Å². The van der Waals surface area contributed by atoms with E-state index in [0.29, 0.717) is 5.92 Å². The van der Waals surface area contributed by atoms with Crippen LogP contribution in [0.4, 0.5) is 0 Å². The zero-order chi connectivity index (χ0) is 10.6. The minimum atomic E-state index is 0.192. The fourth-order valence-electron chi connectivity index (χ4n) is 1.84. The van der Waals surface area contributed by atoms with E-state index in [1.54, 1.807) is 0 Å². The predicted octanol–water partition coefficient (Wildman–Crippen LogP) is 2.13. The first-order chi connectivity index (χ1) is 6.69. The summed E-state index contributed by atoms with van der Waals surface area (Å²) < 4.78 is 2.18. The van der Waals surface area contributed by atoms with Crippen molar-refractivity contribution in [3.8, 4) is 0 Å². The first kappa shape index (κ1) is 11.2. The zero-order valence-corrected chi connectivity index (χ0v) is 9.40. The van der Waals surface area contributed by atoms with Gasteiger partial charge in [0.25, 0.3) is 0 Å². The van der Waals surface area contributed by atoms with Gasteiger partial charge in [-0.3, -0.25) is 0 Å². The lowest BCUT2D eigenvalue weighted by Gasteiger charge is -2.16. The summed E-state index contributed by atoms with van der Waals surface area (Å²) in [6.07, 6.45) is 6.19. The second kappa shape index (κ2) is 5.15. The van der Waals surface area contributed by atoms with Crippen molar-refractivity contribution in [3.05, 3.63) is 18.2 Å². The number of nitrogens with zero attached hydrogens (tertiary/aromatic N) is 2. The molecule has 0 fully saturated rings. The van der Waals surface area contributed by atoms with E-state index in [4.69, 9.17) is 5.73 Å². The Morgan fingerprint density at radius 2 is 2.07 bits per heavy atom. The lowest BCUT2D eigenvalue weighted by molar-refractivity contribution is 0.525. The van der Waals surface area contributed by atoms with Crippen molar-refractivity contribution in [3.63, 3.8) is 0 Å².